The summed E-state index contributed by atoms with van der Waals surface area (Å²) in [7, 11) is 4.04. The molecular weight excluding hydrogens is 288 g/mol. The number of rotatable bonds is 4. The number of carbonyl (C=O) groups excluding carboxylic acids is 2. The standard InChI is InChI=1S/C15H16N2O5/c1-9-12(14(18)21-3)13(15(19)22-4)16-17(9)10-5-7-11(20-2)8-6-10/h5-8H,1-4H3. The van der Waals surface area contributed by atoms with Gasteiger partial charge in [0.1, 0.15) is 11.3 Å². The Labute approximate surface area is 127 Å². The van der Waals surface area contributed by atoms with Gasteiger partial charge in [-0.1, -0.05) is 0 Å². The summed E-state index contributed by atoms with van der Waals surface area (Å²) >= 11 is 0. The highest BCUT2D eigenvalue weighted by Crippen LogP contribution is 2.21. The maximum atomic E-state index is 11.9. The van der Waals surface area contributed by atoms with Crippen LogP contribution in [0, 0.1) is 6.92 Å². The minimum absolute atomic E-state index is 0.0809. The first-order chi connectivity index (χ1) is 10.5. The summed E-state index contributed by atoms with van der Waals surface area (Å²) in [6.07, 6.45) is 0. The largest absolute Gasteiger partial charge is 0.497 e. The zero-order valence-corrected chi connectivity index (χ0v) is 12.7. The highest BCUT2D eigenvalue weighted by atomic mass is 16.5. The second-order valence-corrected chi connectivity index (χ2v) is 4.40. The zero-order chi connectivity index (χ0) is 16.3. The number of aromatic nitrogens is 2. The van der Waals surface area contributed by atoms with E-state index in [1.54, 1.807) is 38.3 Å². The molecule has 0 atom stereocenters. The summed E-state index contributed by atoms with van der Waals surface area (Å²) in [4.78, 5) is 23.7. The molecule has 0 N–H and O–H groups in total. The van der Waals surface area contributed by atoms with Crippen LogP contribution in [0.2, 0.25) is 0 Å². The Bertz CT molecular complexity index is 703. The molecular formula is C15H16N2O5. The molecule has 0 radical (unpaired) electrons. The topological polar surface area (TPSA) is 79.6 Å². The van der Waals surface area contributed by atoms with Crippen molar-refractivity contribution < 1.29 is 23.8 Å². The van der Waals surface area contributed by atoms with Crippen molar-refractivity contribution in [2.75, 3.05) is 21.3 Å². The highest BCUT2D eigenvalue weighted by Gasteiger charge is 2.27. The third-order valence-corrected chi connectivity index (χ3v) is 3.20. The fourth-order valence-electron chi connectivity index (χ4n) is 2.06. The molecule has 116 valence electrons. The van der Waals surface area contributed by atoms with E-state index in [-0.39, 0.29) is 11.3 Å². The molecule has 1 heterocycles. The summed E-state index contributed by atoms with van der Waals surface area (Å²) < 4.78 is 16.0. The van der Waals surface area contributed by atoms with Crippen LogP contribution in [-0.4, -0.2) is 43.0 Å². The molecule has 2 aromatic rings. The van der Waals surface area contributed by atoms with E-state index in [2.05, 4.69) is 9.84 Å². The first-order valence-electron chi connectivity index (χ1n) is 6.44. The quantitative estimate of drug-likeness (QED) is 0.801. The zero-order valence-electron chi connectivity index (χ0n) is 12.7. The van der Waals surface area contributed by atoms with Crippen LogP contribution in [0.4, 0.5) is 0 Å². The van der Waals surface area contributed by atoms with Crippen molar-refractivity contribution in [3.05, 3.63) is 41.2 Å². The lowest BCUT2D eigenvalue weighted by atomic mass is 10.2. The van der Waals surface area contributed by atoms with E-state index in [0.717, 1.165) is 0 Å². The van der Waals surface area contributed by atoms with E-state index in [1.807, 2.05) is 0 Å². The summed E-state index contributed by atoms with van der Waals surface area (Å²) in [6, 6.07) is 7.04. The van der Waals surface area contributed by atoms with E-state index in [9.17, 15) is 9.59 Å². The van der Waals surface area contributed by atoms with Gasteiger partial charge in [0, 0.05) is 0 Å². The molecule has 1 aromatic carbocycles. The van der Waals surface area contributed by atoms with Crippen LogP contribution in [0.25, 0.3) is 5.69 Å². The molecule has 0 aliphatic rings. The maximum Gasteiger partial charge on any atom is 0.359 e. The van der Waals surface area contributed by atoms with Gasteiger partial charge in [-0.25, -0.2) is 14.3 Å². The number of nitrogens with zero attached hydrogens (tertiary/aromatic N) is 2. The average Bonchev–Trinajstić information content (AvgIpc) is 2.90. The number of hydrogen-bond acceptors (Lipinski definition) is 6. The Morgan fingerprint density at radius 3 is 2.09 bits per heavy atom. The smallest absolute Gasteiger partial charge is 0.359 e. The third-order valence-electron chi connectivity index (χ3n) is 3.20. The van der Waals surface area contributed by atoms with Gasteiger partial charge in [0.2, 0.25) is 0 Å². The number of ether oxygens (including phenoxy) is 3. The van der Waals surface area contributed by atoms with Gasteiger partial charge in [0.05, 0.1) is 32.7 Å². The van der Waals surface area contributed by atoms with Gasteiger partial charge < -0.3 is 14.2 Å². The van der Waals surface area contributed by atoms with Crippen molar-refractivity contribution in [1.82, 2.24) is 9.78 Å². The maximum absolute atomic E-state index is 11.9. The molecule has 1 aromatic heterocycles. The summed E-state index contributed by atoms with van der Waals surface area (Å²) in [5.41, 5.74) is 1.17. The van der Waals surface area contributed by atoms with Crippen molar-refractivity contribution in [3.63, 3.8) is 0 Å². The Balaban J connectivity index is 2.59. The van der Waals surface area contributed by atoms with Crippen molar-refractivity contribution in [1.29, 1.82) is 0 Å². The monoisotopic (exact) mass is 304 g/mol. The van der Waals surface area contributed by atoms with Gasteiger partial charge in [-0.05, 0) is 31.2 Å². The number of methoxy groups -OCH3 is 3. The Morgan fingerprint density at radius 2 is 1.59 bits per heavy atom. The summed E-state index contributed by atoms with van der Waals surface area (Å²) in [5, 5.41) is 4.18. The molecule has 2 rings (SSSR count). The Kier molecular flexibility index (Phi) is 4.45. The lowest BCUT2D eigenvalue weighted by Crippen LogP contribution is -2.11. The van der Waals surface area contributed by atoms with Gasteiger partial charge in [-0.3, -0.25) is 0 Å². The first-order valence-corrected chi connectivity index (χ1v) is 6.44. The van der Waals surface area contributed by atoms with Crippen LogP contribution in [0.3, 0.4) is 0 Å². The number of carbonyl (C=O) groups is 2. The molecule has 0 fully saturated rings. The molecule has 0 saturated carbocycles. The molecule has 7 nitrogen and oxygen atoms in total. The van der Waals surface area contributed by atoms with Crippen LogP contribution in [0.5, 0.6) is 5.75 Å². The van der Waals surface area contributed by atoms with Gasteiger partial charge in [-0.15, -0.1) is 0 Å². The highest BCUT2D eigenvalue weighted by molar-refractivity contribution is 6.02. The van der Waals surface area contributed by atoms with E-state index < -0.39 is 11.9 Å². The SMILES string of the molecule is COC(=O)c1nn(-c2ccc(OC)cc2)c(C)c1C(=O)OC. The summed E-state index contributed by atoms with van der Waals surface area (Å²) in [6.45, 7) is 1.68. The van der Waals surface area contributed by atoms with E-state index in [4.69, 9.17) is 9.47 Å². The second-order valence-electron chi connectivity index (χ2n) is 4.40. The van der Waals surface area contributed by atoms with E-state index in [1.165, 1.54) is 18.9 Å². The molecule has 0 spiro atoms. The fourth-order valence-corrected chi connectivity index (χ4v) is 2.06. The fraction of sp³-hybridized carbons (Fsp3) is 0.267. The van der Waals surface area contributed by atoms with Crippen LogP contribution in [0.1, 0.15) is 26.5 Å². The van der Waals surface area contributed by atoms with Crippen molar-refractivity contribution in [3.8, 4) is 11.4 Å². The van der Waals surface area contributed by atoms with E-state index >= 15 is 0 Å². The molecule has 0 bridgehead atoms. The Morgan fingerprint density at radius 1 is 1.00 bits per heavy atom. The predicted octanol–water partition coefficient (Wildman–Crippen LogP) is 1.76. The van der Waals surface area contributed by atoms with Crippen molar-refractivity contribution in [2.45, 2.75) is 6.92 Å². The molecule has 0 aliphatic heterocycles. The number of hydrogen-bond donors (Lipinski definition) is 0. The number of esters is 2. The van der Waals surface area contributed by atoms with Crippen LogP contribution in [0.15, 0.2) is 24.3 Å². The lowest BCUT2D eigenvalue weighted by molar-refractivity contribution is 0.0551. The van der Waals surface area contributed by atoms with Gasteiger partial charge in [0.25, 0.3) is 0 Å². The predicted molar refractivity (Wildman–Crippen MR) is 77.5 cm³/mol. The van der Waals surface area contributed by atoms with Crippen molar-refractivity contribution >= 4 is 11.9 Å². The molecule has 0 unspecified atom stereocenters. The lowest BCUT2D eigenvalue weighted by Gasteiger charge is -2.06. The van der Waals surface area contributed by atoms with Crippen molar-refractivity contribution in [2.24, 2.45) is 0 Å². The third kappa shape index (κ3) is 2.65. The molecule has 22 heavy (non-hydrogen) atoms. The van der Waals surface area contributed by atoms with Crippen LogP contribution in [-0.2, 0) is 9.47 Å². The molecule has 0 aliphatic carbocycles. The first kappa shape index (κ1) is 15.6. The van der Waals surface area contributed by atoms with Gasteiger partial charge in [-0.2, -0.15) is 5.10 Å². The molecule has 0 saturated heterocycles. The van der Waals surface area contributed by atoms with Gasteiger partial charge >= 0.3 is 11.9 Å². The molecule has 0 amide bonds. The van der Waals surface area contributed by atoms with Gasteiger partial charge in [0.15, 0.2) is 5.69 Å². The van der Waals surface area contributed by atoms with Crippen LogP contribution >= 0.6 is 0 Å². The average molecular weight is 304 g/mol. The minimum atomic E-state index is -0.698. The molecule has 7 heteroatoms. The van der Waals surface area contributed by atoms with E-state index in [0.29, 0.717) is 17.1 Å². The minimum Gasteiger partial charge on any atom is -0.497 e. The van der Waals surface area contributed by atoms with Crippen LogP contribution < -0.4 is 4.74 Å². The normalized spacial score (nSPS) is 10.2. The summed E-state index contributed by atoms with van der Waals surface area (Å²) in [5.74, 6) is -0.650. The number of benzene rings is 1. The Hall–Kier alpha value is -2.83. The second kappa shape index (κ2) is 6.30.